The number of carbonyl (C=O) groups is 3. The molecule has 8 heteroatoms. The third-order valence-corrected chi connectivity index (χ3v) is 4.59. The number of methoxy groups -OCH3 is 1. The van der Waals surface area contributed by atoms with Crippen LogP contribution in [0.25, 0.3) is 0 Å². The summed E-state index contributed by atoms with van der Waals surface area (Å²) in [6.07, 6.45) is 0.628. The molecule has 0 saturated heterocycles. The van der Waals surface area contributed by atoms with E-state index >= 15 is 0 Å². The van der Waals surface area contributed by atoms with Gasteiger partial charge < -0.3 is 9.47 Å². The van der Waals surface area contributed by atoms with Crippen LogP contribution in [-0.4, -0.2) is 48.7 Å². The van der Waals surface area contributed by atoms with Crippen LogP contribution in [0.5, 0.6) is 5.75 Å². The number of rotatable bonds is 9. The number of nitrogens with one attached hydrogen (secondary N) is 1. The Bertz CT molecular complexity index is 934. The molecule has 1 N–H and O–H groups in total. The van der Waals surface area contributed by atoms with Gasteiger partial charge in [0.05, 0.1) is 30.5 Å². The van der Waals surface area contributed by atoms with E-state index in [-0.39, 0.29) is 37.1 Å². The number of ether oxygens (including phenoxy) is 2. The van der Waals surface area contributed by atoms with Gasteiger partial charge in [0.1, 0.15) is 11.5 Å². The predicted molar refractivity (Wildman–Crippen MR) is 112 cm³/mol. The molecule has 3 rings (SSSR count). The Morgan fingerprint density at radius 3 is 2.23 bits per heavy atom. The average Bonchev–Trinajstić information content (AvgIpc) is 3.01. The van der Waals surface area contributed by atoms with E-state index in [9.17, 15) is 14.4 Å². The van der Waals surface area contributed by atoms with Crippen molar-refractivity contribution in [2.24, 2.45) is 5.10 Å². The number of esters is 1. The largest absolute Gasteiger partial charge is 0.497 e. The van der Waals surface area contributed by atoms with Crippen molar-refractivity contribution in [1.82, 2.24) is 4.90 Å². The smallest absolute Gasteiger partial charge is 0.354 e. The molecule has 1 aliphatic heterocycles. The highest BCUT2D eigenvalue weighted by atomic mass is 16.5. The number of imide groups is 1. The fraction of sp³-hybridized carbons (Fsp3) is 0.273. The summed E-state index contributed by atoms with van der Waals surface area (Å²) in [5.74, 6) is -0.472. The molecule has 0 unspecified atom stereocenters. The van der Waals surface area contributed by atoms with Crippen molar-refractivity contribution in [3.8, 4) is 5.75 Å². The third kappa shape index (κ3) is 4.65. The van der Waals surface area contributed by atoms with Gasteiger partial charge in [-0.15, -0.1) is 0 Å². The van der Waals surface area contributed by atoms with Crippen molar-refractivity contribution in [2.45, 2.75) is 19.8 Å². The Balaban J connectivity index is 1.63. The lowest BCUT2D eigenvalue weighted by atomic mass is 10.1. The molecule has 0 aromatic heterocycles. The maximum atomic E-state index is 12.4. The summed E-state index contributed by atoms with van der Waals surface area (Å²) < 4.78 is 10.2. The van der Waals surface area contributed by atoms with Gasteiger partial charge in [-0.3, -0.25) is 19.9 Å². The van der Waals surface area contributed by atoms with Crippen LogP contribution in [0, 0.1) is 0 Å². The average molecular weight is 409 g/mol. The standard InChI is InChI=1S/C22H23N3O5/c1-3-30-22(28)19(24-23-15-10-12-16(29-2)13-11-15)9-6-14-25-20(26)17-7-4-5-8-18(17)21(25)27/h4-5,7-8,10-13,23H,3,6,9,14H2,1-2H3. The van der Waals surface area contributed by atoms with E-state index in [1.54, 1.807) is 62.6 Å². The number of hydrogen-bond donors (Lipinski definition) is 1. The van der Waals surface area contributed by atoms with Gasteiger partial charge in [-0.25, -0.2) is 4.79 Å². The fourth-order valence-corrected chi connectivity index (χ4v) is 3.06. The van der Waals surface area contributed by atoms with Gasteiger partial charge in [0.2, 0.25) is 0 Å². The first-order valence-electron chi connectivity index (χ1n) is 9.64. The minimum Gasteiger partial charge on any atom is -0.497 e. The summed E-state index contributed by atoms with van der Waals surface area (Å²) >= 11 is 0. The van der Waals surface area contributed by atoms with Gasteiger partial charge in [0, 0.05) is 13.0 Å². The zero-order valence-corrected chi connectivity index (χ0v) is 16.9. The molecule has 2 aromatic carbocycles. The molecule has 1 heterocycles. The number of hydrazone groups is 1. The van der Waals surface area contributed by atoms with Crippen molar-refractivity contribution >= 4 is 29.2 Å². The number of hydrogen-bond acceptors (Lipinski definition) is 7. The second-order valence-electron chi connectivity index (χ2n) is 6.53. The summed E-state index contributed by atoms with van der Waals surface area (Å²) in [5, 5.41) is 4.17. The molecule has 2 amide bonds. The van der Waals surface area contributed by atoms with Gasteiger partial charge in [-0.05, 0) is 49.7 Å². The highest BCUT2D eigenvalue weighted by molar-refractivity contribution is 6.36. The maximum absolute atomic E-state index is 12.4. The summed E-state index contributed by atoms with van der Waals surface area (Å²) in [4.78, 5) is 38.3. The molecule has 8 nitrogen and oxygen atoms in total. The van der Waals surface area contributed by atoms with E-state index in [0.29, 0.717) is 29.0 Å². The van der Waals surface area contributed by atoms with E-state index in [1.165, 1.54) is 4.90 Å². The Labute approximate surface area is 174 Å². The number of anilines is 1. The van der Waals surface area contributed by atoms with E-state index in [0.717, 1.165) is 0 Å². The lowest BCUT2D eigenvalue weighted by Crippen LogP contribution is -2.31. The van der Waals surface area contributed by atoms with Crippen LogP contribution in [0.15, 0.2) is 53.6 Å². The van der Waals surface area contributed by atoms with Crippen LogP contribution >= 0.6 is 0 Å². The highest BCUT2D eigenvalue weighted by Gasteiger charge is 2.34. The Hall–Kier alpha value is -3.68. The Morgan fingerprint density at radius 2 is 1.67 bits per heavy atom. The second kappa shape index (κ2) is 9.69. The third-order valence-electron chi connectivity index (χ3n) is 4.59. The first kappa shape index (κ1) is 21.0. The lowest BCUT2D eigenvalue weighted by molar-refractivity contribution is -0.135. The molecule has 0 saturated carbocycles. The van der Waals surface area contributed by atoms with Gasteiger partial charge in [-0.2, -0.15) is 5.10 Å². The molecule has 0 bridgehead atoms. The maximum Gasteiger partial charge on any atom is 0.354 e. The van der Waals surface area contributed by atoms with Gasteiger partial charge in [-0.1, -0.05) is 12.1 Å². The van der Waals surface area contributed by atoms with Crippen LogP contribution < -0.4 is 10.2 Å². The van der Waals surface area contributed by atoms with Gasteiger partial charge >= 0.3 is 5.97 Å². The predicted octanol–water partition coefficient (Wildman–Crippen LogP) is 3.10. The number of benzene rings is 2. The van der Waals surface area contributed by atoms with Crippen LogP contribution in [-0.2, 0) is 9.53 Å². The molecule has 0 radical (unpaired) electrons. The first-order valence-corrected chi connectivity index (χ1v) is 9.64. The molecule has 0 aliphatic carbocycles. The second-order valence-corrected chi connectivity index (χ2v) is 6.53. The van der Waals surface area contributed by atoms with Crippen molar-refractivity contribution in [1.29, 1.82) is 0 Å². The minimum atomic E-state index is -0.541. The van der Waals surface area contributed by atoms with Crippen molar-refractivity contribution in [2.75, 3.05) is 25.7 Å². The zero-order valence-electron chi connectivity index (χ0n) is 16.9. The van der Waals surface area contributed by atoms with E-state index in [4.69, 9.17) is 9.47 Å². The molecular weight excluding hydrogens is 386 g/mol. The van der Waals surface area contributed by atoms with Crippen LogP contribution in [0.3, 0.4) is 0 Å². The minimum absolute atomic E-state index is 0.185. The SMILES string of the molecule is CCOC(=O)C(CCCN1C(=O)c2ccccc2C1=O)=NNc1ccc(OC)cc1. The van der Waals surface area contributed by atoms with Crippen LogP contribution in [0.1, 0.15) is 40.5 Å². The number of fused-ring (bicyclic) bond motifs is 1. The molecule has 0 atom stereocenters. The fourth-order valence-electron chi connectivity index (χ4n) is 3.06. The number of amides is 2. The van der Waals surface area contributed by atoms with Crippen molar-refractivity contribution in [3.63, 3.8) is 0 Å². The Morgan fingerprint density at radius 1 is 1.03 bits per heavy atom. The van der Waals surface area contributed by atoms with Crippen LogP contribution in [0.4, 0.5) is 5.69 Å². The van der Waals surface area contributed by atoms with E-state index in [2.05, 4.69) is 10.5 Å². The monoisotopic (exact) mass is 409 g/mol. The molecule has 30 heavy (non-hydrogen) atoms. The quantitative estimate of drug-likeness (QED) is 0.296. The topological polar surface area (TPSA) is 97.3 Å². The molecule has 0 spiro atoms. The molecule has 156 valence electrons. The normalized spacial score (nSPS) is 13.3. The first-order chi connectivity index (χ1) is 14.5. The number of carbonyl (C=O) groups excluding carboxylic acids is 3. The van der Waals surface area contributed by atoms with Crippen LogP contribution in [0.2, 0.25) is 0 Å². The summed E-state index contributed by atoms with van der Waals surface area (Å²) in [7, 11) is 1.58. The molecule has 0 fully saturated rings. The van der Waals surface area contributed by atoms with Gasteiger partial charge in [0.25, 0.3) is 11.8 Å². The highest BCUT2D eigenvalue weighted by Crippen LogP contribution is 2.22. The lowest BCUT2D eigenvalue weighted by Gasteiger charge is -2.14. The summed E-state index contributed by atoms with van der Waals surface area (Å²) in [5.41, 5.74) is 4.50. The van der Waals surface area contributed by atoms with E-state index in [1.807, 2.05) is 0 Å². The summed E-state index contributed by atoms with van der Waals surface area (Å²) in [6.45, 7) is 2.12. The Kier molecular flexibility index (Phi) is 6.79. The van der Waals surface area contributed by atoms with E-state index < -0.39 is 5.97 Å². The summed E-state index contributed by atoms with van der Waals surface area (Å²) in [6, 6.07) is 13.8. The van der Waals surface area contributed by atoms with Crippen molar-refractivity contribution in [3.05, 3.63) is 59.7 Å². The molecule has 2 aromatic rings. The van der Waals surface area contributed by atoms with Crippen molar-refractivity contribution < 1.29 is 23.9 Å². The molecule has 1 aliphatic rings. The number of nitrogens with zero attached hydrogens (tertiary/aromatic N) is 2. The molecular formula is C22H23N3O5. The van der Waals surface area contributed by atoms with Gasteiger partial charge in [0.15, 0.2) is 0 Å². The zero-order chi connectivity index (χ0) is 21.5.